The van der Waals surface area contributed by atoms with E-state index < -0.39 is 0 Å². The Balaban J connectivity index is 1.78. The van der Waals surface area contributed by atoms with E-state index in [1.807, 2.05) is 12.1 Å². The van der Waals surface area contributed by atoms with Gasteiger partial charge in [-0.15, -0.1) is 0 Å². The van der Waals surface area contributed by atoms with Crippen LogP contribution in [0.1, 0.15) is 5.56 Å². The molecular formula is C21H21NO3. The first-order valence-corrected chi connectivity index (χ1v) is 8.33. The number of nitrogens with zero attached hydrogens (tertiary/aromatic N) is 1. The number of rotatable bonds is 4. The monoisotopic (exact) mass is 335 g/mol. The van der Waals surface area contributed by atoms with E-state index in [1.165, 1.54) is 27.9 Å². The fraction of sp³-hybridized carbons (Fsp3) is 0.238. The second-order valence-electron chi connectivity index (χ2n) is 6.15. The Morgan fingerprint density at radius 2 is 1.52 bits per heavy atom. The van der Waals surface area contributed by atoms with Crippen LogP contribution in [-0.4, -0.2) is 25.9 Å². The first kappa shape index (κ1) is 15.6. The molecule has 2 heterocycles. The average Bonchev–Trinajstić information content (AvgIpc) is 3.11. The van der Waals surface area contributed by atoms with Crippen molar-refractivity contribution in [3.8, 4) is 39.6 Å². The van der Waals surface area contributed by atoms with Gasteiger partial charge in [-0.25, -0.2) is 0 Å². The zero-order chi connectivity index (χ0) is 17.4. The van der Waals surface area contributed by atoms with E-state index in [-0.39, 0.29) is 0 Å². The molecule has 0 spiro atoms. The topological polar surface area (TPSA) is 32.6 Å². The molecule has 0 fully saturated rings. The van der Waals surface area contributed by atoms with Crippen molar-refractivity contribution in [1.82, 2.24) is 4.57 Å². The summed E-state index contributed by atoms with van der Waals surface area (Å²) in [6, 6.07) is 14.6. The molecule has 0 amide bonds. The number of hydrogen-bond acceptors (Lipinski definition) is 3. The molecule has 1 aliphatic heterocycles. The van der Waals surface area contributed by atoms with Crippen LogP contribution in [0.3, 0.4) is 0 Å². The Morgan fingerprint density at radius 1 is 0.800 bits per heavy atom. The zero-order valence-corrected chi connectivity index (χ0v) is 14.7. The lowest BCUT2D eigenvalue weighted by Crippen LogP contribution is -2.10. The van der Waals surface area contributed by atoms with Gasteiger partial charge in [-0.2, -0.15) is 0 Å². The highest BCUT2D eigenvalue weighted by atomic mass is 16.5. The lowest BCUT2D eigenvalue weighted by atomic mass is 9.97. The minimum atomic E-state index is 0.766. The standard InChI is InChI=1S/C21H21NO3/c1-23-17-6-4-14(5-7-17)16-10-19-18-12-21(25-3)20(24-2)11-15(18)8-9-22(19)13-16/h4-7,10-13H,8-9H2,1-3H3. The molecule has 0 atom stereocenters. The maximum Gasteiger partial charge on any atom is 0.161 e. The van der Waals surface area contributed by atoms with Crippen LogP contribution < -0.4 is 14.2 Å². The van der Waals surface area contributed by atoms with Gasteiger partial charge in [0.15, 0.2) is 11.5 Å². The van der Waals surface area contributed by atoms with Crippen LogP contribution in [0.4, 0.5) is 0 Å². The second kappa shape index (κ2) is 6.20. The summed E-state index contributed by atoms with van der Waals surface area (Å²) < 4.78 is 18.5. The maximum absolute atomic E-state index is 5.49. The van der Waals surface area contributed by atoms with E-state index in [0.717, 1.165) is 30.2 Å². The number of aromatic nitrogens is 1. The van der Waals surface area contributed by atoms with Gasteiger partial charge in [-0.1, -0.05) is 12.1 Å². The summed E-state index contributed by atoms with van der Waals surface area (Å²) in [6.45, 7) is 0.966. The fourth-order valence-corrected chi connectivity index (χ4v) is 3.47. The van der Waals surface area contributed by atoms with E-state index >= 15 is 0 Å². The Labute approximate surface area is 147 Å². The van der Waals surface area contributed by atoms with Crippen LogP contribution in [0, 0.1) is 0 Å². The predicted octanol–water partition coefficient (Wildman–Crippen LogP) is 4.40. The molecule has 4 nitrogen and oxygen atoms in total. The van der Waals surface area contributed by atoms with Crippen molar-refractivity contribution in [2.75, 3.05) is 21.3 Å². The van der Waals surface area contributed by atoms with E-state index in [9.17, 15) is 0 Å². The molecule has 1 aromatic heterocycles. The van der Waals surface area contributed by atoms with Gasteiger partial charge in [0, 0.05) is 24.0 Å². The molecule has 4 heteroatoms. The molecule has 0 N–H and O–H groups in total. The molecule has 2 aromatic carbocycles. The number of hydrogen-bond donors (Lipinski definition) is 0. The van der Waals surface area contributed by atoms with Gasteiger partial charge in [-0.3, -0.25) is 0 Å². The lowest BCUT2D eigenvalue weighted by molar-refractivity contribution is 0.354. The first-order chi connectivity index (χ1) is 12.2. The Bertz CT molecular complexity index is 910. The van der Waals surface area contributed by atoms with Crippen molar-refractivity contribution in [2.24, 2.45) is 0 Å². The zero-order valence-electron chi connectivity index (χ0n) is 14.7. The molecule has 4 rings (SSSR count). The summed E-state index contributed by atoms with van der Waals surface area (Å²) in [4.78, 5) is 0. The quantitative estimate of drug-likeness (QED) is 0.708. The number of ether oxygens (including phenoxy) is 3. The average molecular weight is 335 g/mol. The highest BCUT2D eigenvalue weighted by Gasteiger charge is 2.20. The van der Waals surface area contributed by atoms with Gasteiger partial charge in [0.1, 0.15) is 5.75 Å². The van der Waals surface area contributed by atoms with Crippen LogP contribution in [0.2, 0.25) is 0 Å². The Kier molecular flexibility index (Phi) is 3.88. The van der Waals surface area contributed by atoms with E-state index in [4.69, 9.17) is 14.2 Å². The summed E-state index contributed by atoms with van der Waals surface area (Å²) in [5.41, 5.74) is 6.12. The third-order valence-corrected chi connectivity index (χ3v) is 4.83. The molecule has 3 aromatic rings. The molecule has 0 bridgehead atoms. The lowest BCUT2D eigenvalue weighted by Gasteiger charge is -2.21. The molecule has 0 saturated carbocycles. The highest BCUT2D eigenvalue weighted by molar-refractivity contribution is 5.76. The third kappa shape index (κ3) is 2.64. The molecule has 128 valence electrons. The number of methoxy groups -OCH3 is 3. The van der Waals surface area contributed by atoms with E-state index in [0.29, 0.717) is 0 Å². The van der Waals surface area contributed by atoms with Crippen LogP contribution in [0.25, 0.3) is 22.4 Å². The first-order valence-electron chi connectivity index (χ1n) is 8.33. The summed E-state index contributed by atoms with van der Waals surface area (Å²) >= 11 is 0. The second-order valence-corrected chi connectivity index (χ2v) is 6.15. The van der Waals surface area contributed by atoms with Gasteiger partial charge < -0.3 is 18.8 Å². The molecule has 0 unspecified atom stereocenters. The SMILES string of the molecule is COc1ccc(-c2cc3n(c2)CCc2cc(OC)c(OC)cc2-3)cc1. The summed E-state index contributed by atoms with van der Waals surface area (Å²) in [6.07, 6.45) is 3.20. The van der Waals surface area contributed by atoms with Gasteiger partial charge in [0.05, 0.1) is 21.3 Å². The normalized spacial score (nSPS) is 12.3. The van der Waals surface area contributed by atoms with Gasteiger partial charge in [0.2, 0.25) is 0 Å². The van der Waals surface area contributed by atoms with Gasteiger partial charge >= 0.3 is 0 Å². The number of fused-ring (bicyclic) bond motifs is 3. The highest BCUT2D eigenvalue weighted by Crippen LogP contribution is 2.40. The summed E-state index contributed by atoms with van der Waals surface area (Å²) in [5, 5.41) is 0. The van der Waals surface area contributed by atoms with E-state index in [2.05, 4.69) is 41.1 Å². The predicted molar refractivity (Wildman–Crippen MR) is 98.7 cm³/mol. The minimum absolute atomic E-state index is 0.766. The fourth-order valence-electron chi connectivity index (χ4n) is 3.47. The van der Waals surface area contributed by atoms with Crippen LogP contribution in [0.15, 0.2) is 48.7 Å². The Hall–Kier alpha value is -2.88. The molecule has 1 aliphatic rings. The van der Waals surface area contributed by atoms with Gasteiger partial charge in [-0.05, 0) is 53.4 Å². The van der Waals surface area contributed by atoms with Crippen LogP contribution in [-0.2, 0) is 13.0 Å². The largest absolute Gasteiger partial charge is 0.497 e. The number of aryl methyl sites for hydroxylation is 2. The molecule has 25 heavy (non-hydrogen) atoms. The molecule has 0 aliphatic carbocycles. The Morgan fingerprint density at radius 3 is 2.20 bits per heavy atom. The van der Waals surface area contributed by atoms with Crippen LogP contribution in [0.5, 0.6) is 17.2 Å². The van der Waals surface area contributed by atoms with Crippen molar-refractivity contribution < 1.29 is 14.2 Å². The van der Waals surface area contributed by atoms with E-state index in [1.54, 1.807) is 21.3 Å². The van der Waals surface area contributed by atoms with Crippen molar-refractivity contribution in [3.63, 3.8) is 0 Å². The summed E-state index contributed by atoms with van der Waals surface area (Å²) in [5.74, 6) is 2.42. The van der Waals surface area contributed by atoms with Crippen LogP contribution >= 0.6 is 0 Å². The molecule has 0 radical (unpaired) electrons. The van der Waals surface area contributed by atoms with Gasteiger partial charge in [0.25, 0.3) is 0 Å². The number of benzene rings is 2. The smallest absolute Gasteiger partial charge is 0.161 e. The molecule has 0 saturated heterocycles. The van der Waals surface area contributed by atoms with Crippen molar-refractivity contribution in [2.45, 2.75) is 13.0 Å². The van der Waals surface area contributed by atoms with Crippen molar-refractivity contribution in [1.29, 1.82) is 0 Å². The maximum atomic E-state index is 5.49. The van der Waals surface area contributed by atoms with Crippen molar-refractivity contribution >= 4 is 0 Å². The third-order valence-electron chi connectivity index (χ3n) is 4.83. The van der Waals surface area contributed by atoms with Crippen molar-refractivity contribution in [3.05, 3.63) is 54.2 Å². The minimum Gasteiger partial charge on any atom is -0.497 e. The summed E-state index contributed by atoms with van der Waals surface area (Å²) in [7, 11) is 5.04. The molecular weight excluding hydrogens is 314 g/mol.